The van der Waals surface area contributed by atoms with Crippen molar-refractivity contribution >= 4 is 11.4 Å². The number of quaternary nitrogens is 1. The van der Waals surface area contributed by atoms with Crippen LogP contribution in [0.5, 0.6) is 0 Å². The first-order chi connectivity index (χ1) is 11.1. The molecule has 8 nitrogen and oxygen atoms in total. The summed E-state index contributed by atoms with van der Waals surface area (Å²) in [6.45, 7) is 8.07. The second-order valence-corrected chi connectivity index (χ2v) is 5.93. The fourth-order valence-corrected chi connectivity index (χ4v) is 3.15. The van der Waals surface area contributed by atoms with Gasteiger partial charge in [-0.15, -0.1) is 0 Å². The van der Waals surface area contributed by atoms with Crippen LogP contribution in [0.25, 0.3) is 0 Å². The Bertz CT molecular complexity index is 691. The second kappa shape index (κ2) is 6.33. The molecule has 1 aliphatic heterocycles. The summed E-state index contributed by atoms with van der Waals surface area (Å²) in [5, 5.41) is 15.4. The zero-order chi connectivity index (χ0) is 16.4. The molecule has 0 unspecified atom stereocenters. The van der Waals surface area contributed by atoms with Crippen molar-refractivity contribution in [1.29, 1.82) is 0 Å². The molecule has 2 N–H and O–H groups in total. The minimum Gasteiger partial charge on any atom is -0.360 e. The van der Waals surface area contributed by atoms with Gasteiger partial charge in [-0.05, 0) is 13.8 Å². The molecular weight excluding hydrogens is 296 g/mol. The van der Waals surface area contributed by atoms with Crippen molar-refractivity contribution in [2.24, 2.45) is 0 Å². The molecule has 2 aromatic rings. The number of rotatable bonds is 4. The molecule has 0 spiro atoms. The van der Waals surface area contributed by atoms with Gasteiger partial charge in [0, 0.05) is 17.8 Å². The average molecular weight is 318 g/mol. The van der Waals surface area contributed by atoms with E-state index in [2.05, 4.69) is 27.1 Å². The van der Waals surface area contributed by atoms with E-state index in [-0.39, 0.29) is 10.6 Å². The number of anilines is 1. The van der Waals surface area contributed by atoms with Gasteiger partial charge in [0.25, 0.3) is 0 Å². The lowest BCUT2D eigenvalue weighted by molar-refractivity contribution is -0.924. The first kappa shape index (κ1) is 15.4. The Morgan fingerprint density at radius 1 is 1.30 bits per heavy atom. The number of nitrogens with zero attached hydrogens (tertiary/aromatic N) is 4. The number of H-pyrrole nitrogens is 1. The van der Waals surface area contributed by atoms with Gasteiger partial charge in [0.15, 0.2) is 19.1 Å². The molecule has 1 fully saturated rings. The van der Waals surface area contributed by atoms with Gasteiger partial charge in [-0.1, -0.05) is 0 Å². The normalized spacial score (nSPS) is 15.8. The van der Waals surface area contributed by atoms with Gasteiger partial charge < -0.3 is 9.80 Å². The van der Waals surface area contributed by atoms with Crippen LogP contribution in [0.15, 0.2) is 24.5 Å². The summed E-state index contributed by atoms with van der Waals surface area (Å²) in [5.74, 6) is 0. The van der Waals surface area contributed by atoms with Crippen LogP contribution in [0.4, 0.5) is 11.4 Å². The summed E-state index contributed by atoms with van der Waals surface area (Å²) in [4.78, 5) is 17.5. The predicted octanol–water partition coefficient (Wildman–Crippen LogP) is -0.415. The van der Waals surface area contributed by atoms with E-state index in [1.54, 1.807) is 18.5 Å². The van der Waals surface area contributed by atoms with E-state index in [9.17, 15) is 10.1 Å². The van der Waals surface area contributed by atoms with Crippen LogP contribution in [-0.4, -0.2) is 40.9 Å². The van der Waals surface area contributed by atoms with Crippen molar-refractivity contribution in [2.75, 3.05) is 31.1 Å². The minimum atomic E-state index is -0.339. The fraction of sp³-hybridized carbons (Fsp3) is 0.467. The number of aromatic amines is 1. The third-order valence-electron chi connectivity index (χ3n) is 4.44. The number of pyridine rings is 1. The molecule has 0 aliphatic carbocycles. The molecule has 8 heteroatoms. The van der Waals surface area contributed by atoms with Crippen LogP contribution in [0.1, 0.15) is 11.4 Å². The Morgan fingerprint density at radius 3 is 2.52 bits per heavy atom. The molecule has 3 rings (SSSR count). The third-order valence-corrected chi connectivity index (χ3v) is 4.44. The van der Waals surface area contributed by atoms with E-state index < -0.39 is 0 Å². The number of hydrogen-bond acceptors (Lipinski definition) is 4. The highest BCUT2D eigenvalue weighted by atomic mass is 16.6. The number of aryl methyl sites for hydroxylation is 1. The van der Waals surface area contributed by atoms with Gasteiger partial charge in [-0.25, -0.2) is 9.67 Å². The van der Waals surface area contributed by atoms with E-state index >= 15 is 0 Å². The van der Waals surface area contributed by atoms with Crippen LogP contribution in [0.2, 0.25) is 0 Å². The van der Waals surface area contributed by atoms with E-state index in [0.717, 1.165) is 26.2 Å². The van der Waals surface area contributed by atoms with Crippen molar-refractivity contribution in [1.82, 2.24) is 9.78 Å². The smallest absolute Gasteiger partial charge is 0.312 e. The van der Waals surface area contributed by atoms with Gasteiger partial charge >= 0.3 is 5.69 Å². The summed E-state index contributed by atoms with van der Waals surface area (Å²) in [5.41, 5.74) is 2.50. The van der Waals surface area contributed by atoms with Crippen LogP contribution in [0.3, 0.4) is 0 Å². The van der Waals surface area contributed by atoms with Crippen molar-refractivity contribution in [2.45, 2.75) is 20.5 Å². The Kier molecular flexibility index (Phi) is 4.24. The lowest BCUT2D eigenvalue weighted by Crippen LogP contribution is -3.14. The Balaban J connectivity index is 1.63. The number of piperazine rings is 1. The summed E-state index contributed by atoms with van der Waals surface area (Å²) < 4.78 is 1.77. The summed E-state index contributed by atoms with van der Waals surface area (Å²) in [6, 6.07) is 4.16. The molecule has 0 saturated carbocycles. The SMILES string of the molecule is Cc1nn(C[NH+]2CCN(c3cc[nH+]cc3)CC2)c(C)c1[N+](=O)[O-]. The Labute approximate surface area is 134 Å². The number of nitro groups is 1. The first-order valence-electron chi connectivity index (χ1n) is 7.79. The van der Waals surface area contributed by atoms with Crippen LogP contribution in [0, 0.1) is 24.0 Å². The summed E-state index contributed by atoms with van der Waals surface area (Å²) >= 11 is 0. The third kappa shape index (κ3) is 3.16. The topological polar surface area (TPSA) is 82.8 Å². The van der Waals surface area contributed by atoms with E-state index in [1.165, 1.54) is 10.6 Å². The molecule has 0 radical (unpaired) electrons. The lowest BCUT2D eigenvalue weighted by Gasteiger charge is -2.33. The van der Waals surface area contributed by atoms with Crippen LogP contribution < -0.4 is 14.8 Å². The number of hydrogen-bond donors (Lipinski definition) is 1. The maximum atomic E-state index is 11.1. The van der Waals surface area contributed by atoms with E-state index in [0.29, 0.717) is 18.1 Å². The molecule has 0 atom stereocenters. The van der Waals surface area contributed by atoms with Gasteiger partial charge in [0.05, 0.1) is 31.1 Å². The fourth-order valence-electron chi connectivity index (χ4n) is 3.15. The van der Waals surface area contributed by atoms with Gasteiger partial charge in [-0.2, -0.15) is 5.10 Å². The zero-order valence-electron chi connectivity index (χ0n) is 13.5. The van der Waals surface area contributed by atoms with E-state index in [1.807, 2.05) is 12.4 Å². The van der Waals surface area contributed by atoms with Crippen molar-refractivity contribution in [3.05, 3.63) is 46.0 Å². The van der Waals surface area contributed by atoms with Crippen molar-refractivity contribution in [3.63, 3.8) is 0 Å². The molecule has 0 amide bonds. The minimum absolute atomic E-state index is 0.142. The van der Waals surface area contributed by atoms with Crippen molar-refractivity contribution < 1.29 is 14.8 Å². The van der Waals surface area contributed by atoms with Crippen LogP contribution in [-0.2, 0) is 6.67 Å². The average Bonchev–Trinajstić information content (AvgIpc) is 2.83. The number of aromatic nitrogens is 3. The summed E-state index contributed by atoms with van der Waals surface area (Å²) in [7, 11) is 0. The largest absolute Gasteiger partial charge is 0.360 e. The predicted molar refractivity (Wildman–Crippen MR) is 84.3 cm³/mol. The van der Waals surface area contributed by atoms with Crippen LogP contribution >= 0.6 is 0 Å². The first-order valence-corrected chi connectivity index (χ1v) is 7.79. The highest BCUT2D eigenvalue weighted by Gasteiger charge is 2.26. The molecule has 122 valence electrons. The van der Waals surface area contributed by atoms with Crippen molar-refractivity contribution in [3.8, 4) is 0 Å². The molecule has 23 heavy (non-hydrogen) atoms. The zero-order valence-corrected chi connectivity index (χ0v) is 13.5. The molecule has 1 aliphatic rings. The number of nitrogens with one attached hydrogen (secondary N) is 2. The highest BCUT2D eigenvalue weighted by Crippen LogP contribution is 2.21. The Hall–Kier alpha value is -2.48. The quantitative estimate of drug-likeness (QED) is 0.613. The molecule has 0 aromatic carbocycles. The van der Waals surface area contributed by atoms with E-state index in [4.69, 9.17) is 0 Å². The second-order valence-electron chi connectivity index (χ2n) is 5.93. The maximum Gasteiger partial charge on any atom is 0.312 e. The monoisotopic (exact) mass is 318 g/mol. The molecular formula is C15H22N6O2+2. The molecule has 1 saturated heterocycles. The molecule has 2 aromatic heterocycles. The van der Waals surface area contributed by atoms with Gasteiger partial charge in [-0.3, -0.25) is 10.1 Å². The lowest BCUT2D eigenvalue weighted by atomic mass is 10.3. The molecule has 3 heterocycles. The highest BCUT2D eigenvalue weighted by molar-refractivity contribution is 5.43. The standard InChI is InChI=1S/C15H20N6O2/c1-12-15(21(22)23)13(2)20(17-12)11-18-7-9-19(10-8-18)14-3-5-16-6-4-14/h3-6H,7-11H2,1-2H3/p+2. The van der Waals surface area contributed by atoms with Gasteiger partial charge in [0.2, 0.25) is 0 Å². The maximum absolute atomic E-state index is 11.1. The summed E-state index contributed by atoms with van der Waals surface area (Å²) in [6.07, 6.45) is 3.87. The van der Waals surface area contributed by atoms with Gasteiger partial charge in [0.1, 0.15) is 11.4 Å². The molecule has 0 bridgehead atoms. The Morgan fingerprint density at radius 2 is 1.96 bits per heavy atom.